The second-order valence-corrected chi connectivity index (χ2v) is 3.72. The number of benzene rings is 1. The maximum absolute atomic E-state index is 11.5. The van der Waals surface area contributed by atoms with Crippen LogP contribution in [0.5, 0.6) is 5.75 Å². The summed E-state index contributed by atoms with van der Waals surface area (Å²) in [6.07, 6.45) is 1.54. The number of anilines is 1. The summed E-state index contributed by atoms with van der Waals surface area (Å²) in [5, 5.41) is 5.99. The van der Waals surface area contributed by atoms with Crippen LogP contribution in [-0.4, -0.2) is 18.9 Å². The molecule has 0 amide bonds. The van der Waals surface area contributed by atoms with Crippen molar-refractivity contribution < 1.29 is 11.3 Å². The molecule has 0 aliphatic heterocycles. The average Bonchev–Trinajstić information content (AvgIpc) is 2.37. The van der Waals surface area contributed by atoms with E-state index in [4.69, 9.17) is 2.84 Å². The molecule has 0 heterocycles. The highest BCUT2D eigenvalue weighted by atomic mass is 16.3. The Bertz CT molecular complexity index is 435. The predicted molar refractivity (Wildman–Crippen MR) is 66.3 cm³/mol. The molecule has 0 unspecified atom stereocenters. The van der Waals surface area contributed by atoms with Gasteiger partial charge in [0.2, 0.25) is 0 Å². The van der Waals surface area contributed by atoms with Crippen molar-refractivity contribution in [3.05, 3.63) is 23.3 Å². The van der Waals surface area contributed by atoms with Crippen LogP contribution in [0.2, 0.25) is 1.41 Å². The topological polar surface area (TPSA) is 49.3 Å². The van der Waals surface area contributed by atoms with E-state index in [0.717, 1.165) is 12.0 Å². The summed E-state index contributed by atoms with van der Waals surface area (Å²) in [4.78, 5) is 11.5. The number of carbonyl (C=O) groups excluding carboxylic acids is 1. The maximum atomic E-state index is 11.5. The van der Waals surface area contributed by atoms with Gasteiger partial charge >= 0.3 is 0 Å². The molecule has 0 radical (unpaired) electrons. The number of aromatic hydroxyl groups is 1. The first kappa shape index (κ1) is 9.70. The minimum Gasteiger partial charge on any atom is -0.507 e. The van der Waals surface area contributed by atoms with Gasteiger partial charge in [-0.25, -0.2) is 0 Å². The molecule has 0 bridgehead atoms. The molecule has 1 rings (SSSR count). The smallest absolute Gasteiger partial charge is 0.293 e. The van der Waals surface area contributed by atoms with Crippen LogP contribution in [0.3, 0.4) is 0 Å². The number of carbonyl (C=O) groups is 1. The van der Waals surface area contributed by atoms with Crippen molar-refractivity contribution in [3.8, 4) is 5.75 Å². The summed E-state index contributed by atoms with van der Waals surface area (Å²) in [7, 11) is 0. The van der Waals surface area contributed by atoms with Crippen LogP contribution in [0.4, 0.5) is 5.69 Å². The molecule has 0 saturated carbocycles. The zero-order chi connectivity index (χ0) is 13.7. The Kier molecular flexibility index (Phi) is 3.36. The van der Waals surface area contributed by atoms with Crippen molar-refractivity contribution in [2.45, 2.75) is 33.6 Å². The predicted octanol–water partition coefficient (Wildman–Crippen LogP) is 2.98. The first-order valence-electron chi connectivity index (χ1n) is 6.48. The number of ketones is 1. The van der Waals surface area contributed by atoms with Crippen LogP contribution in [0, 0.1) is 0 Å². The van der Waals surface area contributed by atoms with Gasteiger partial charge in [0, 0.05) is 17.8 Å². The molecule has 0 aromatic heterocycles. The Hall–Kier alpha value is -1.51. The van der Waals surface area contributed by atoms with Crippen LogP contribution in [0.15, 0.2) is 12.1 Å². The highest BCUT2D eigenvalue weighted by molar-refractivity contribution is 5.97. The van der Waals surface area contributed by atoms with Gasteiger partial charge in [-0.2, -0.15) is 0 Å². The molecule has 1 aromatic rings. The van der Waals surface area contributed by atoms with Gasteiger partial charge in [0.1, 0.15) is 5.75 Å². The average molecular weight is 223 g/mol. The Morgan fingerprint density at radius 2 is 2.31 bits per heavy atom. The van der Waals surface area contributed by atoms with E-state index >= 15 is 0 Å². The zero-order valence-electron chi connectivity index (χ0n) is 12.0. The van der Waals surface area contributed by atoms with Crippen LogP contribution in [0.1, 0.15) is 43.1 Å². The fraction of sp³-hybridized carbons (Fsp3) is 0.462. The monoisotopic (exact) mass is 223 g/mol. The molecule has 3 heteroatoms. The largest absolute Gasteiger partial charge is 0.507 e. The van der Waals surface area contributed by atoms with Crippen LogP contribution < -0.4 is 5.31 Å². The van der Waals surface area contributed by atoms with E-state index in [1.807, 2.05) is 13.8 Å². The van der Waals surface area contributed by atoms with Gasteiger partial charge in [-0.15, -0.1) is 0 Å². The van der Waals surface area contributed by atoms with Crippen LogP contribution in [-0.2, 0) is 6.42 Å². The molecule has 1 aromatic carbocycles. The second-order valence-electron chi connectivity index (χ2n) is 3.72. The number of phenols is 1. The molecular weight excluding hydrogens is 202 g/mol. The molecule has 0 saturated heterocycles. The molecular formula is C13H19NO2. The van der Waals surface area contributed by atoms with Gasteiger partial charge < -0.3 is 10.4 Å². The number of phenolic OH excluding ortho intramolecular Hbond substituents is 1. The molecule has 16 heavy (non-hydrogen) atoms. The lowest BCUT2D eigenvalue weighted by Gasteiger charge is -2.14. The Balaban J connectivity index is 3.42. The van der Waals surface area contributed by atoms with E-state index in [9.17, 15) is 4.79 Å². The van der Waals surface area contributed by atoms with E-state index in [2.05, 4.69) is 5.11 Å². The van der Waals surface area contributed by atoms with Crippen molar-refractivity contribution in [3.63, 3.8) is 0 Å². The summed E-state index contributed by atoms with van der Waals surface area (Å²) in [6.45, 7) is 5.88. The van der Waals surface area contributed by atoms with Crippen LogP contribution >= 0.6 is 0 Å². The molecule has 0 aliphatic rings. The first-order valence-corrected chi connectivity index (χ1v) is 5.63. The Morgan fingerprint density at radius 3 is 2.81 bits per heavy atom. The van der Waals surface area contributed by atoms with Gasteiger partial charge in [0.25, 0.3) is 1.43 Å². The lowest BCUT2D eigenvalue weighted by Crippen LogP contribution is -2.04. The van der Waals surface area contributed by atoms with E-state index in [-0.39, 0.29) is 11.5 Å². The van der Waals surface area contributed by atoms with E-state index < -0.39 is 0 Å². The lowest BCUT2D eigenvalue weighted by molar-refractivity contribution is 0.101. The summed E-state index contributed by atoms with van der Waals surface area (Å²) < 4.78 is 15.0. The van der Waals surface area contributed by atoms with E-state index in [1.165, 1.54) is 12.2 Å². The maximum Gasteiger partial charge on any atom is 0.293 e. The van der Waals surface area contributed by atoms with Crippen molar-refractivity contribution >= 4 is 11.5 Å². The number of hydrogen-bond acceptors (Lipinski definition) is 3. The third-order valence-electron chi connectivity index (χ3n) is 2.44. The number of rotatable bonds is 6. The molecule has 3 nitrogen and oxygen atoms in total. The van der Waals surface area contributed by atoms with Crippen molar-refractivity contribution in [1.82, 2.24) is 0 Å². The summed E-state index contributed by atoms with van der Waals surface area (Å²) in [6, 6.07) is 3.37. The molecule has 0 fully saturated rings. The minimum atomic E-state index is -0.130. The van der Waals surface area contributed by atoms with Gasteiger partial charge in [-0.05, 0) is 32.4 Å². The van der Waals surface area contributed by atoms with E-state index in [1.54, 1.807) is 12.1 Å². The summed E-state index contributed by atoms with van der Waals surface area (Å²) >= 11 is 0. The Labute approximate surface area is 99.4 Å². The van der Waals surface area contributed by atoms with Crippen LogP contribution in [0.25, 0.3) is 0 Å². The molecule has 2 N–H and O–H groups in total. The van der Waals surface area contributed by atoms with Gasteiger partial charge in [-0.1, -0.05) is 13.3 Å². The summed E-state index contributed by atoms with van der Waals surface area (Å²) in [5.74, 6) is 0.154. The van der Waals surface area contributed by atoms with Crippen molar-refractivity contribution in [2.75, 3.05) is 11.9 Å². The first-order chi connectivity index (χ1) is 8.56. The second kappa shape index (κ2) is 5.54. The standard InChI is InChI=1S/C13H19NO2/c1-4-6-11-12(14-5-2)8-7-10(9(3)15)13(11)16/h7-8,14,16H,4-6H2,1-3H3/i/hD2. The quantitative estimate of drug-likeness (QED) is 0.729. The molecule has 0 spiro atoms. The zero-order valence-corrected chi connectivity index (χ0v) is 10.0. The third-order valence-corrected chi connectivity index (χ3v) is 2.44. The van der Waals surface area contributed by atoms with E-state index in [0.29, 0.717) is 24.2 Å². The number of nitrogens with one attached hydrogen (secondary N) is 1. The molecule has 0 aliphatic carbocycles. The van der Waals surface area contributed by atoms with Gasteiger partial charge in [-0.3, -0.25) is 4.79 Å². The molecule has 0 atom stereocenters. The van der Waals surface area contributed by atoms with Crippen molar-refractivity contribution in [2.24, 2.45) is 0 Å². The normalized spacial score (nSPS) is 11.7. The lowest BCUT2D eigenvalue weighted by atomic mass is 10.0. The Morgan fingerprint density at radius 1 is 1.56 bits per heavy atom. The van der Waals surface area contributed by atoms with Gasteiger partial charge in [0.15, 0.2) is 7.20 Å². The van der Waals surface area contributed by atoms with Crippen molar-refractivity contribution in [1.29, 1.82) is 1.43 Å². The fourth-order valence-corrected chi connectivity index (χ4v) is 1.70. The highest BCUT2D eigenvalue weighted by Crippen LogP contribution is 2.31. The minimum absolute atomic E-state index is 0.130. The van der Waals surface area contributed by atoms with Gasteiger partial charge in [0.05, 0.1) is 5.56 Å². The SMILES string of the molecule is [2H]Oc1c(C(C)=O)ccc(N([2H])CC)c1CCC. The third kappa shape index (κ3) is 2.54. The number of Topliss-reactive ketones (excluding diaryl/α,β-unsaturated/α-hetero) is 1. The molecule has 88 valence electrons. The fourth-order valence-electron chi connectivity index (χ4n) is 1.70. The summed E-state index contributed by atoms with van der Waals surface area (Å²) in [5.41, 5.74) is 1.87. The highest BCUT2D eigenvalue weighted by Gasteiger charge is 2.14. The number of hydrogen-bond donors (Lipinski definition) is 2.